The molecule has 102 valence electrons. The molecule has 2 heterocycles. The van der Waals surface area contributed by atoms with Gasteiger partial charge in [-0.15, -0.1) is 0 Å². The molecular formula is C15H13BrN2O2. The van der Waals surface area contributed by atoms with Crippen LogP contribution in [0.4, 0.5) is 5.69 Å². The Hall–Kier alpha value is -1.62. The van der Waals surface area contributed by atoms with Gasteiger partial charge in [0.05, 0.1) is 18.3 Å². The van der Waals surface area contributed by atoms with Crippen LogP contribution in [-0.4, -0.2) is 24.0 Å². The first-order valence-corrected chi connectivity index (χ1v) is 7.56. The molecule has 0 radical (unpaired) electrons. The van der Waals surface area contributed by atoms with Gasteiger partial charge in [0, 0.05) is 15.8 Å². The number of fused-ring (bicyclic) bond motifs is 3. The molecule has 1 aromatic heterocycles. The topological polar surface area (TPSA) is 42.4 Å². The Bertz CT molecular complexity index is 712. The van der Waals surface area contributed by atoms with E-state index in [2.05, 4.69) is 20.9 Å². The van der Waals surface area contributed by atoms with Crippen molar-refractivity contribution in [2.75, 3.05) is 18.1 Å². The fraction of sp³-hybridized carbons (Fsp3) is 0.333. The van der Waals surface area contributed by atoms with Crippen LogP contribution in [0.2, 0.25) is 0 Å². The molecule has 4 rings (SSSR count). The van der Waals surface area contributed by atoms with Crippen LogP contribution in [0.15, 0.2) is 28.9 Å². The number of amides is 1. The van der Waals surface area contributed by atoms with Crippen molar-refractivity contribution in [2.24, 2.45) is 5.92 Å². The van der Waals surface area contributed by atoms with Gasteiger partial charge < -0.3 is 9.64 Å². The standard InChI is InChI=1S/C15H13BrN2O2/c16-10-3-4-12-11(7-10)14-13(8-17-12)18(5-6-20-14)15(19)9-1-2-9/h3-4,7-9H,1-2,5-6H2. The van der Waals surface area contributed by atoms with Crippen molar-refractivity contribution in [3.8, 4) is 5.75 Å². The molecule has 0 spiro atoms. The molecule has 4 nitrogen and oxygen atoms in total. The van der Waals surface area contributed by atoms with Crippen molar-refractivity contribution < 1.29 is 9.53 Å². The minimum Gasteiger partial charge on any atom is -0.489 e. The lowest BCUT2D eigenvalue weighted by Gasteiger charge is -2.30. The highest BCUT2D eigenvalue weighted by Gasteiger charge is 2.36. The number of ether oxygens (including phenoxy) is 1. The van der Waals surface area contributed by atoms with Crippen molar-refractivity contribution in [3.63, 3.8) is 0 Å². The van der Waals surface area contributed by atoms with E-state index in [0.717, 1.165) is 39.7 Å². The maximum atomic E-state index is 12.4. The van der Waals surface area contributed by atoms with Crippen molar-refractivity contribution in [1.82, 2.24) is 4.98 Å². The molecule has 20 heavy (non-hydrogen) atoms. The summed E-state index contributed by atoms with van der Waals surface area (Å²) in [6, 6.07) is 5.90. The van der Waals surface area contributed by atoms with E-state index in [9.17, 15) is 4.79 Å². The first-order chi connectivity index (χ1) is 9.74. The summed E-state index contributed by atoms with van der Waals surface area (Å²) >= 11 is 3.47. The van der Waals surface area contributed by atoms with E-state index in [1.165, 1.54) is 0 Å². The van der Waals surface area contributed by atoms with Crippen LogP contribution in [0.5, 0.6) is 5.75 Å². The number of pyridine rings is 1. The van der Waals surface area contributed by atoms with Gasteiger partial charge in [-0.25, -0.2) is 0 Å². The van der Waals surface area contributed by atoms with Gasteiger partial charge in [-0.2, -0.15) is 0 Å². The Morgan fingerprint density at radius 3 is 3.05 bits per heavy atom. The molecule has 2 aromatic rings. The number of anilines is 1. The maximum Gasteiger partial charge on any atom is 0.230 e. The summed E-state index contributed by atoms with van der Waals surface area (Å²) in [5.41, 5.74) is 1.69. The van der Waals surface area contributed by atoms with Gasteiger partial charge in [-0.05, 0) is 31.0 Å². The lowest BCUT2D eigenvalue weighted by Crippen LogP contribution is -2.39. The number of hydrogen-bond donors (Lipinski definition) is 0. The summed E-state index contributed by atoms with van der Waals surface area (Å²) in [6.45, 7) is 1.15. The fourth-order valence-corrected chi connectivity index (χ4v) is 2.97. The molecule has 1 aromatic carbocycles. The quantitative estimate of drug-likeness (QED) is 0.805. The molecule has 1 aliphatic carbocycles. The fourth-order valence-electron chi connectivity index (χ4n) is 2.61. The second-order valence-electron chi connectivity index (χ2n) is 5.25. The van der Waals surface area contributed by atoms with Gasteiger partial charge in [0.1, 0.15) is 12.3 Å². The van der Waals surface area contributed by atoms with Gasteiger partial charge in [0.25, 0.3) is 0 Å². The van der Waals surface area contributed by atoms with Crippen LogP contribution in [0.3, 0.4) is 0 Å². The van der Waals surface area contributed by atoms with Crippen molar-refractivity contribution >= 4 is 38.4 Å². The summed E-state index contributed by atoms with van der Waals surface area (Å²) in [4.78, 5) is 18.6. The van der Waals surface area contributed by atoms with E-state index in [1.807, 2.05) is 23.1 Å². The number of carbonyl (C=O) groups is 1. The third-order valence-electron chi connectivity index (χ3n) is 3.81. The number of rotatable bonds is 1. The molecule has 5 heteroatoms. The molecule has 1 fully saturated rings. The highest BCUT2D eigenvalue weighted by Crippen LogP contribution is 2.41. The first kappa shape index (κ1) is 12.1. The third kappa shape index (κ3) is 1.88. The molecule has 1 aliphatic heterocycles. The highest BCUT2D eigenvalue weighted by atomic mass is 79.9. The second kappa shape index (κ2) is 4.45. The van der Waals surface area contributed by atoms with E-state index < -0.39 is 0 Å². The Morgan fingerprint density at radius 2 is 2.25 bits per heavy atom. The number of halogens is 1. The predicted molar refractivity (Wildman–Crippen MR) is 80.0 cm³/mol. The zero-order chi connectivity index (χ0) is 13.7. The summed E-state index contributed by atoms with van der Waals surface area (Å²) in [5.74, 6) is 1.20. The van der Waals surface area contributed by atoms with Gasteiger partial charge in [-0.1, -0.05) is 15.9 Å². The van der Waals surface area contributed by atoms with Crippen LogP contribution in [0.25, 0.3) is 10.9 Å². The molecule has 0 bridgehead atoms. The van der Waals surface area contributed by atoms with Gasteiger partial charge in [0.2, 0.25) is 5.91 Å². The van der Waals surface area contributed by atoms with Crippen LogP contribution in [0.1, 0.15) is 12.8 Å². The summed E-state index contributed by atoms with van der Waals surface area (Å²) in [5, 5.41) is 0.949. The molecule has 1 amide bonds. The minimum atomic E-state index is 0.208. The van der Waals surface area contributed by atoms with Crippen LogP contribution in [-0.2, 0) is 4.79 Å². The number of carbonyl (C=O) groups excluding carboxylic acids is 1. The average Bonchev–Trinajstić information content (AvgIpc) is 3.30. The van der Waals surface area contributed by atoms with Crippen LogP contribution < -0.4 is 9.64 Å². The van der Waals surface area contributed by atoms with E-state index in [1.54, 1.807) is 6.20 Å². The lowest BCUT2D eigenvalue weighted by atomic mass is 10.1. The smallest absolute Gasteiger partial charge is 0.230 e. The molecule has 0 N–H and O–H groups in total. The molecular weight excluding hydrogens is 320 g/mol. The summed E-state index contributed by atoms with van der Waals surface area (Å²) in [7, 11) is 0. The van der Waals surface area contributed by atoms with Gasteiger partial charge in [0.15, 0.2) is 5.75 Å². The third-order valence-corrected chi connectivity index (χ3v) is 4.30. The number of benzene rings is 1. The van der Waals surface area contributed by atoms with E-state index >= 15 is 0 Å². The lowest BCUT2D eigenvalue weighted by molar-refractivity contribution is -0.120. The molecule has 2 aliphatic rings. The Balaban J connectivity index is 1.87. The van der Waals surface area contributed by atoms with E-state index in [0.29, 0.717) is 13.2 Å². The maximum absolute atomic E-state index is 12.4. The highest BCUT2D eigenvalue weighted by molar-refractivity contribution is 9.10. The van der Waals surface area contributed by atoms with Crippen molar-refractivity contribution in [1.29, 1.82) is 0 Å². The first-order valence-electron chi connectivity index (χ1n) is 6.76. The largest absolute Gasteiger partial charge is 0.489 e. The van der Waals surface area contributed by atoms with Crippen molar-refractivity contribution in [2.45, 2.75) is 12.8 Å². The summed E-state index contributed by atoms with van der Waals surface area (Å²) in [6.07, 6.45) is 3.78. The number of aromatic nitrogens is 1. The van der Waals surface area contributed by atoms with Crippen LogP contribution >= 0.6 is 15.9 Å². The Morgan fingerprint density at radius 1 is 1.40 bits per heavy atom. The Labute approximate surface area is 124 Å². The van der Waals surface area contributed by atoms with Gasteiger partial charge in [-0.3, -0.25) is 9.78 Å². The molecule has 1 saturated carbocycles. The Kier molecular flexibility index (Phi) is 2.70. The average molecular weight is 333 g/mol. The molecule has 0 unspecified atom stereocenters. The SMILES string of the molecule is O=C(C1CC1)N1CCOc2c1cnc1ccc(Br)cc21. The number of nitrogens with zero attached hydrogens (tertiary/aromatic N) is 2. The summed E-state index contributed by atoms with van der Waals surface area (Å²) < 4.78 is 6.80. The van der Waals surface area contributed by atoms with Gasteiger partial charge >= 0.3 is 0 Å². The van der Waals surface area contributed by atoms with Crippen molar-refractivity contribution in [3.05, 3.63) is 28.9 Å². The zero-order valence-corrected chi connectivity index (χ0v) is 12.4. The van der Waals surface area contributed by atoms with Crippen LogP contribution in [0, 0.1) is 5.92 Å². The minimum absolute atomic E-state index is 0.208. The van der Waals surface area contributed by atoms with E-state index in [-0.39, 0.29) is 11.8 Å². The zero-order valence-electron chi connectivity index (χ0n) is 10.8. The van der Waals surface area contributed by atoms with E-state index in [4.69, 9.17) is 4.74 Å². The second-order valence-corrected chi connectivity index (χ2v) is 6.16. The molecule has 0 atom stereocenters. The monoisotopic (exact) mass is 332 g/mol. The predicted octanol–water partition coefficient (Wildman–Crippen LogP) is 3.13. The normalized spacial score (nSPS) is 17.8. The molecule has 0 saturated heterocycles. The number of hydrogen-bond acceptors (Lipinski definition) is 3.